The van der Waals surface area contributed by atoms with Gasteiger partial charge in [0.1, 0.15) is 17.3 Å². The van der Waals surface area contributed by atoms with E-state index in [-0.39, 0.29) is 30.8 Å². The summed E-state index contributed by atoms with van der Waals surface area (Å²) in [5.41, 5.74) is 0. The Morgan fingerprint density at radius 1 is 1.06 bits per heavy atom. The Kier molecular flexibility index (Phi) is 6.97. The molecule has 9 nitrogen and oxygen atoms in total. The highest BCUT2D eigenvalue weighted by atomic mass is 16.3. The van der Waals surface area contributed by atoms with Gasteiger partial charge < -0.3 is 28.8 Å². The Morgan fingerprint density at radius 3 is 2.45 bits per heavy atom. The summed E-state index contributed by atoms with van der Waals surface area (Å²) in [7, 11) is 0. The number of carbonyl (C=O) groups excluding carboxylic acids is 3. The molecule has 0 spiro atoms. The maximum Gasteiger partial charge on any atom is 0.287 e. The fourth-order valence-electron chi connectivity index (χ4n) is 4.02. The average molecular weight is 453 g/mol. The molecule has 1 fully saturated rings. The molecule has 0 radical (unpaired) electrons. The number of amides is 3. The molecule has 3 aromatic heterocycles. The molecule has 1 saturated carbocycles. The second-order valence-corrected chi connectivity index (χ2v) is 8.10. The third kappa shape index (κ3) is 5.54. The SMILES string of the molecule is Cc1ccc([C@H](C(=O)NC2CCCC2)N(Cc2ccco2)C(=O)CNC(=O)c2ccco2)o1. The molecule has 33 heavy (non-hydrogen) atoms. The van der Waals surface area contributed by atoms with Crippen LogP contribution in [0.4, 0.5) is 0 Å². The van der Waals surface area contributed by atoms with Crippen LogP contribution in [0.2, 0.25) is 0 Å². The third-order valence-electron chi connectivity index (χ3n) is 5.66. The standard InChI is InChI=1S/C24H27N3O6/c1-16-10-11-19(33-16)22(24(30)26-17-6-2-3-7-17)27(15-18-8-4-12-31-18)21(28)14-25-23(29)20-9-5-13-32-20/h4-5,8-13,17,22H,2-3,6-7,14-15H2,1H3,(H,25,29)(H,26,30)/t22-/m1/s1. The van der Waals surface area contributed by atoms with Gasteiger partial charge in [-0.05, 0) is 56.2 Å². The topological polar surface area (TPSA) is 118 Å². The first-order chi connectivity index (χ1) is 16.0. The second kappa shape index (κ2) is 10.2. The summed E-state index contributed by atoms with van der Waals surface area (Å²) >= 11 is 0. The molecule has 174 valence electrons. The molecule has 3 aromatic rings. The normalized spacial score (nSPS) is 14.7. The minimum Gasteiger partial charge on any atom is -0.467 e. The number of rotatable bonds is 9. The number of aryl methyl sites for hydroxylation is 1. The zero-order valence-corrected chi connectivity index (χ0v) is 18.4. The number of hydrogen-bond acceptors (Lipinski definition) is 6. The Bertz CT molecular complexity index is 1060. The molecule has 3 amide bonds. The number of hydrogen-bond donors (Lipinski definition) is 2. The summed E-state index contributed by atoms with van der Waals surface area (Å²) in [4.78, 5) is 40.4. The lowest BCUT2D eigenvalue weighted by atomic mass is 10.1. The van der Waals surface area contributed by atoms with Gasteiger partial charge in [0.25, 0.3) is 11.8 Å². The summed E-state index contributed by atoms with van der Waals surface area (Å²) in [6.07, 6.45) is 6.80. The highest BCUT2D eigenvalue weighted by molar-refractivity contribution is 5.95. The molecule has 4 rings (SSSR count). The van der Waals surface area contributed by atoms with Crippen LogP contribution >= 0.6 is 0 Å². The predicted molar refractivity (Wildman–Crippen MR) is 117 cm³/mol. The molecule has 1 aliphatic rings. The highest BCUT2D eigenvalue weighted by Crippen LogP contribution is 2.27. The van der Waals surface area contributed by atoms with Gasteiger partial charge in [-0.1, -0.05) is 12.8 Å². The molecule has 0 unspecified atom stereocenters. The molecular weight excluding hydrogens is 426 g/mol. The molecule has 0 bridgehead atoms. The number of furan rings is 3. The van der Waals surface area contributed by atoms with Crippen LogP contribution in [0, 0.1) is 6.92 Å². The molecular formula is C24H27N3O6. The summed E-state index contributed by atoms with van der Waals surface area (Å²) < 4.78 is 16.3. The van der Waals surface area contributed by atoms with Crippen molar-refractivity contribution in [1.82, 2.24) is 15.5 Å². The molecule has 9 heteroatoms. The molecule has 0 aliphatic heterocycles. The Morgan fingerprint density at radius 2 is 1.82 bits per heavy atom. The van der Waals surface area contributed by atoms with Gasteiger partial charge in [-0.25, -0.2) is 0 Å². The van der Waals surface area contributed by atoms with Crippen molar-refractivity contribution in [3.8, 4) is 0 Å². The van der Waals surface area contributed by atoms with E-state index in [2.05, 4.69) is 10.6 Å². The van der Waals surface area contributed by atoms with Crippen LogP contribution < -0.4 is 10.6 Å². The van der Waals surface area contributed by atoms with Crippen molar-refractivity contribution in [1.29, 1.82) is 0 Å². The van der Waals surface area contributed by atoms with Crippen LogP contribution in [0.25, 0.3) is 0 Å². The van der Waals surface area contributed by atoms with Crippen LogP contribution in [0.15, 0.2) is 62.2 Å². The number of carbonyl (C=O) groups is 3. The van der Waals surface area contributed by atoms with E-state index in [0.717, 1.165) is 25.7 Å². The van der Waals surface area contributed by atoms with Crippen LogP contribution in [0.5, 0.6) is 0 Å². The van der Waals surface area contributed by atoms with E-state index in [0.29, 0.717) is 17.3 Å². The largest absolute Gasteiger partial charge is 0.467 e. The first-order valence-corrected chi connectivity index (χ1v) is 11.0. The van der Waals surface area contributed by atoms with Gasteiger partial charge in [0.2, 0.25) is 5.91 Å². The molecule has 1 aliphatic carbocycles. The van der Waals surface area contributed by atoms with E-state index < -0.39 is 17.9 Å². The van der Waals surface area contributed by atoms with Crippen LogP contribution in [0.3, 0.4) is 0 Å². The van der Waals surface area contributed by atoms with Gasteiger partial charge in [-0.3, -0.25) is 14.4 Å². The lowest BCUT2D eigenvalue weighted by Gasteiger charge is -2.30. The average Bonchev–Trinajstić information content (AvgIpc) is 3.60. The molecule has 2 N–H and O–H groups in total. The van der Waals surface area contributed by atoms with Crippen molar-refractivity contribution in [2.75, 3.05) is 6.54 Å². The fourth-order valence-corrected chi connectivity index (χ4v) is 4.02. The Balaban J connectivity index is 1.58. The van der Waals surface area contributed by atoms with Crippen molar-refractivity contribution >= 4 is 17.7 Å². The van der Waals surface area contributed by atoms with E-state index >= 15 is 0 Å². The predicted octanol–water partition coefficient (Wildman–Crippen LogP) is 3.33. The van der Waals surface area contributed by atoms with Crippen molar-refractivity contribution < 1.29 is 27.6 Å². The quantitative estimate of drug-likeness (QED) is 0.513. The third-order valence-corrected chi connectivity index (χ3v) is 5.66. The smallest absolute Gasteiger partial charge is 0.287 e. The summed E-state index contributed by atoms with van der Waals surface area (Å²) in [5.74, 6) is 0.258. The van der Waals surface area contributed by atoms with Crippen LogP contribution in [-0.4, -0.2) is 35.2 Å². The van der Waals surface area contributed by atoms with E-state index in [1.807, 2.05) is 0 Å². The zero-order chi connectivity index (χ0) is 23.2. The fraction of sp³-hybridized carbons (Fsp3) is 0.375. The van der Waals surface area contributed by atoms with Gasteiger partial charge >= 0.3 is 0 Å². The minimum atomic E-state index is -1.02. The van der Waals surface area contributed by atoms with Gasteiger partial charge in [-0.2, -0.15) is 0 Å². The Labute approximate surface area is 191 Å². The molecule has 1 atom stereocenters. The summed E-state index contributed by atoms with van der Waals surface area (Å²) in [6, 6.07) is 9.01. The minimum absolute atomic E-state index is 0.0327. The maximum atomic E-state index is 13.4. The van der Waals surface area contributed by atoms with E-state index in [4.69, 9.17) is 13.3 Å². The van der Waals surface area contributed by atoms with E-state index in [9.17, 15) is 14.4 Å². The zero-order valence-electron chi connectivity index (χ0n) is 18.4. The molecule has 0 aromatic carbocycles. The van der Waals surface area contributed by atoms with Crippen molar-refractivity contribution in [3.63, 3.8) is 0 Å². The number of nitrogens with zero attached hydrogens (tertiary/aromatic N) is 1. The highest BCUT2D eigenvalue weighted by Gasteiger charge is 2.36. The lowest BCUT2D eigenvalue weighted by Crippen LogP contribution is -2.48. The molecule has 3 heterocycles. The summed E-state index contributed by atoms with van der Waals surface area (Å²) in [6.45, 7) is 1.48. The maximum absolute atomic E-state index is 13.4. The molecule has 0 saturated heterocycles. The van der Waals surface area contributed by atoms with E-state index in [1.54, 1.807) is 37.3 Å². The first-order valence-electron chi connectivity index (χ1n) is 11.0. The lowest BCUT2D eigenvalue weighted by molar-refractivity contribution is -0.142. The van der Waals surface area contributed by atoms with Gasteiger partial charge in [-0.15, -0.1) is 0 Å². The van der Waals surface area contributed by atoms with Crippen molar-refractivity contribution in [2.45, 2.75) is 51.2 Å². The number of nitrogens with one attached hydrogen (secondary N) is 2. The van der Waals surface area contributed by atoms with Crippen molar-refractivity contribution in [2.24, 2.45) is 0 Å². The van der Waals surface area contributed by atoms with Gasteiger partial charge in [0, 0.05) is 6.04 Å². The first kappa shape index (κ1) is 22.4. The second-order valence-electron chi connectivity index (χ2n) is 8.10. The van der Waals surface area contributed by atoms with Crippen molar-refractivity contribution in [3.05, 3.63) is 72.0 Å². The summed E-state index contributed by atoms with van der Waals surface area (Å²) in [5, 5.41) is 5.61. The van der Waals surface area contributed by atoms with Crippen LogP contribution in [0.1, 0.15) is 59.6 Å². The van der Waals surface area contributed by atoms with Crippen LogP contribution in [-0.2, 0) is 16.1 Å². The van der Waals surface area contributed by atoms with Gasteiger partial charge in [0.15, 0.2) is 11.8 Å². The van der Waals surface area contributed by atoms with Gasteiger partial charge in [0.05, 0.1) is 25.6 Å². The Hall–Kier alpha value is -3.75. The van der Waals surface area contributed by atoms with E-state index in [1.165, 1.54) is 23.5 Å². The monoisotopic (exact) mass is 453 g/mol.